The number of carbonyl (C=O) groups excluding carboxylic acids is 1. The van der Waals surface area contributed by atoms with Gasteiger partial charge in [-0.2, -0.15) is 0 Å². The van der Waals surface area contributed by atoms with E-state index in [1.165, 1.54) is 0 Å². The monoisotopic (exact) mass is 316 g/mol. The zero-order valence-corrected chi connectivity index (χ0v) is 15.1. The minimum Gasteiger partial charge on any atom is -0.351 e. The molecule has 5 heteroatoms. The Bertz CT molecular complexity index is 281. The van der Waals surface area contributed by atoms with E-state index in [1.54, 1.807) is 0 Å². The van der Waals surface area contributed by atoms with Crippen LogP contribution in [0.5, 0.6) is 0 Å². The van der Waals surface area contributed by atoms with Crippen molar-refractivity contribution in [2.75, 3.05) is 26.3 Å². The average Bonchev–Trinajstić information content (AvgIpc) is 2.46. The highest BCUT2D eigenvalue weighted by atomic mass is 16.7. The van der Waals surface area contributed by atoms with Gasteiger partial charge in [-0.1, -0.05) is 33.6 Å². The van der Waals surface area contributed by atoms with Gasteiger partial charge in [0.1, 0.15) is 0 Å². The molecule has 0 aromatic heterocycles. The molecule has 0 saturated carbocycles. The first-order valence-corrected chi connectivity index (χ1v) is 8.77. The fraction of sp³-hybridized carbons (Fsp3) is 0.941. The summed E-state index contributed by atoms with van der Waals surface area (Å²) in [6.07, 6.45) is 3.46. The molecule has 0 saturated heterocycles. The maximum atomic E-state index is 12.6. The highest BCUT2D eigenvalue weighted by Crippen LogP contribution is 2.12. The number of hydrogen-bond acceptors (Lipinski definition) is 4. The minimum atomic E-state index is -0.428. The van der Waals surface area contributed by atoms with Gasteiger partial charge in [0.25, 0.3) is 0 Å². The summed E-state index contributed by atoms with van der Waals surface area (Å²) in [5.74, 6) is 0.459. The molecule has 132 valence electrons. The van der Waals surface area contributed by atoms with E-state index in [0.717, 1.165) is 19.3 Å². The highest BCUT2D eigenvalue weighted by Gasteiger charge is 2.25. The molecule has 22 heavy (non-hydrogen) atoms. The van der Waals surface area contributed by atoms with Crippen molar-refractivity contribution in [3.63, 3.8) is 0 Å². The van der Waals surface area contributed by atoms with Gasteiger partial charge < -0.3 is 20.1 Å². The third-order valence-electron chi connectivity index (χ3n) is 3.62. The molecule has 0 rings (SSSR count). The van der Waals surface area contributed by atoms with E-state index in [2.05, 4.69) is 13.8 Å². The third-order valence-corrected chi connectivity index (χ3v) is 3.62. The number of nitrogens with two attached hydrogens (primary N) is 1. The smallest absolute Gasteiger partial charge is 0.239 e. The Kier molecular flexibility index (Phi) is 12.5. The second-order valence-electron chi connectivity index (χ2n) is 5.87. The average molecular weight is 316 g/mol. The first kappa shape index (κ1) is 21.4. The van der Waals surface area contributed by atoms with Gasteiger partial charge in [-0.25, -0.2) is 0 Å². The molecule has 5 nitrogen and oxygen atoms in total. The molecule has 2 N–H and O–H groups in total. The van der Waals surface area contributed by atoms with Gasteiger partial charge in [-0.15, -0.1) is 0 Å². The number of rotatable bonds is 13. The van der Waals surface area contributed by atoms with Crippen molar-refractivity contribution in [1.29, 1.82) is 0 Å². The van der Waals surface area contributed by atoms with Gasteiger partial charge in [0.05, 0.1) is 12.6 Å². The van der Waals surface area contributed by atoms with E-state index < -0.39 is 6.04 Å². The van der Waals surface area contributed by atoms with Gasteiger partial charge in [-0.3, -0.25) is 4.79 Å². The normalized spacial score (nSPS) is 14.1. The lowest BCUT2D eigenvalue weighted by molar-refractivity contribution is -0.160. The summed E-state index contributed by atoms with van der Waals surface area (Å²) in [4.78, 5) is 14.4. The maximum Gasteiger partial charge on any atom is 0.239 e. The van der Waals surface area contributed by atoms with Crippen LogP contribution in [0.3, 0.4) is 0 Å². The lowest BCUT2D eigenvalue weighted by Crippen LogP contribution is -2.49. The fourth-order valence-corrected chi connectivity index (χ4v) is 2.59. The fourth-order valence-electron chi connectivity index (χ4n) is 2.59. The van der Waals surface area contributed by atoms with Crippen LogP contribution in [0.4, 0.5) is 0 Å². The van der Waals surface area contributed by atoms with Crippen molar-refractivity contribution >= 4 is 5.91 Å². The Labute approximate surface area is 136 Å². The molecule has 2 atom stereocenters. The predicted molar refractivity (Wildman–Crippen MR) is 90.6 cm³/mol. The molecular formula is C17H36N2O3. The lowest BCUT2D eigenvalue weighted by atomic mass is 10.0. The standard InChI is InChI=1S/C17H36N2O3/c1-6-10-14(5)12-19(17(20)15(18)11-7-2)13-16(21-8-3)22-9-4/h14-16H,6-13,18H2,1-5H3. The lowest BCUT2D eigenvalue weighted by Gasteiger charge is -2.31. The summed E-state index contributed by atoms with van der Waals surface area (Å²) in [6.45, 7) is 12.5. The largest absolute Gasteiger partial charge is 0.351 e. The van der Waals surface area contributed by atoms with Crippen molar-refractivity contribution in [2.45, 2.75) is 72.6 Å². The number of carbonyl (C=O) groups is 1. The quantitative estimate of drug-likeness (QED) is 0.531. The van der Waals surface area contributed by atoms with Crippen LogP contribution in [0.15, 0.2) is 0 Å². The molecule has 0 aromatic rings. The molecule has 0 spiro atoms. The maximum absolute atomic E-state index is 12.6. The molecule has 0 aliphatic heterocycles. The molecule has 0 heterocycles. The van der Waals surface area contributed by atoms with Gasteiger partial charge in [-0.05, 0) is 32.6 Å². The molecule has 0 radical (unpaired) electrons. The molecule has 1 amide bonds. The van der Waals surface area contributed by atoms with E-state index in [-0.39, 0.29) is 12.2 Å². The van der Waals surface area contributed by atoms with E-state index in [1.807, 2.05) is 25.7 Å². The van der Waals surface area contributed by atoms with Crippen LogP contribution in [0.25, 0.3) is 0 Å². The minimum absolute atomic E-state index is 0.00853. The zero-order valence-electron chi connectivity index (χ0n) is 15.1. The van der Waals surface area contributed by atoms with Crippen LogP contribution in [0, 0.1) is 5.92 Å². The number of amides is 1. The Hall–Kier alpha value is -0.650. The molecule has 0 aliphatic rings. The molecule has 0 fully saturated rings. The Morgan fingerprint density at radius 3 is 2.00 bits per heavy atom. The summed E-state index contributed by atoms with van der Waals surface area (Å²) in [5.41, 5.74) is 6.03. The summed E-state index contributed by atoms with van der Waals surface area (Å²) in [5, 5.41) is 0. The Morgan fingerprint density at radius 2 is 1.55 bits per heavy atom. The summed E-state index contributed by atoms with van der Waals surface area (Å²) in [7, 11) is 0. The van der Waals surface area contributed by atoms with Gasteiger partial charge in [0, 0.05) is 19.8 Å². The molecule has 2 unspecified atom stereocenters. The second kappa shape index (κ2) is 12.9. The third kappa shape index (κ3) is 8.71. The molecule has 0 aromatic carbocycles. The van der Waals surface area contributed by atoms with Gasteiger partial charge in [0.15, 0.2) is 6.29 Å². The molecule has 0 aliphatic carbocycles. The topological polar surface area (TPSA) is 64.8 Å². The van der Waals surface area contributed by atoms with Crippen LogP contribution >= 0.6 is 0 Å². The van der Waals surface area contributed by atoms with Gasteiger partial charge >= 0.3 is 0 Å². The van der Waals surface area contributed by atoms with Crippen molar-refractivity contribution in [3.8, 4) is 0 Å². The van der Waals surface area contributed by atoms with Crippen molar-refractivity contribution < 1.29 is 14.3 Å². The number of nitrogens with zero attached hydrogens (tertiary/aromatic N) is 1. The number of hydrogen-bond donors (Lipinski definition) is 1. The van der Waals surface area contributed by atoms with Crippen LogP contribution in [0.1, 0.15) is 60.3 Å². The Morgan fingerprint density at radius 1 is 1.00 bits per heavy atom. The van der Waals surface area contributed by atoms with Crippen LogP contribution in [-0.2, 0) is 14.3 Å². The Balaban J connectivity index is 4.84. The second-order valence-corrected chi connectivity index (χ2v) is 5.87. The van der Waals surface area contributed by atoms with E-state index in [9.17, 15) is 4.79 Å². The van der Waals surface area contributed by atoms with E-state index in [4.69, 9.17) is 15.2 Å². The van der Waals surface area contributed by atoms with Gasteiger partial charge in [0.2, 0.25) is 5.91 Å². The summed E-state index contributed by atoms with van der Waals surface area (Å²) < 4.78 is 11.2. The summed E-state index contributed by atoms with van der Waals surface area (Å²) in [6, 6.07) is -0.428. The first-order valence-electron chi connectivity index (χ1n) is 8.77. The highest BCUT2D eigenvalue weighted by molar-refractivity contribution is 5.81. The molecule has 0 bridgehead atoms. The number of ether oxygens (including phenoxy) is 2. The van der Waals surface area contributed by atoms with E-state index >= 15 is 0 Å². The predicted octanol–water partition coefficient (Wildman–Crippen LogP) is 2.78. The van der Waals surface area contributed by atoms with Crippen molar-refractivity contribution in [1.82, 2.24) is 4.90 Å². The summed E-state index contributed by atoms with van der Waals surface area (Å²) >= 11 is 0. The SMILES string of the molecule is CCCC(C)CN(CC(OCC)OCC)C(=O)C(N)CCC. The van der Waals surface area contributed by atoms with E-state index in [0.29, 0.717) is 38.6 Å². The van der Waals surface area contributed by atoms with Crippen LogP contribution < -0.4 is 5.73 Å². The van der Waals surface area contributed by atoms with Crippen molar-refractivity contribution in [2.24, 2.45) is 11.7 Å². The van der Waals surface area contributed by atoms with Crippen molar-refractivity contribution in [3.05, 3.63) is 0 Å². The zero-order chi connectivity index (χ0) is 17.0. The van der Waals surface area contributed by atoms with Crippen LogP contribution in [-0.4, -0.2) is 49.4 Å². The van der Waals surface area contributed by atoms with Crippen LogP contribution in [0.2, 0.25) is 0 Å². The molecular weight excluding hydrogens is 280 g/mol. The first-order chi connectivity index (χ1) is 10.5.